The summed E-state index contributed by atoms with van der Waals surface area (Å²) in [7, 11) is 0. The predicted molar refractivity (Wildman–Crippen MR) is 117 cm³/mol. The van der Waals surface area contributed by atoms with Crippen LogP contribution in [0.4, 0.5) is 11.4 Å². The number of benzene rings is 3. The number of rotatable bonds is 5. The molecule has 0 aliphatic carbocycles. The third-order valence-corrected chi connectivity index (χ3v) is 4.99. The zero-order valence-corrected chi connectivity index (χ0v) is 16.3. The van der Waals surface area contributed by atoms with E-state index in [0.717, 1.165) is 0 Å². The smallest absolute Gasteiger partial charge is 0.250 e. The molecule has 0 fully saturated rings. The lowest BCUT2D eigenvalue weighted by Crippen LogP contribution is -2.41. The van der Waals surface area contributed by atoms with Crippen molar-refractivity contribution in [2.45, 2.75) is 5.72 Å². The van der Waals surface area contributed by atoms with Gasteiger partial charge in [-0.25, -0.2) is 0 Å². The van der Waals surface area contributed by atoms with Gasteiger partial charge in [-0.3, -0.25) is 15.0 Å². The second kappa shape index (κ2) is 7.38. The number of ether oxygens (including phenoxy) is 1. The van der Waals surface area contributed by atoms with E-state index in [2.05, 4.69) is 10.5 Å². The van der Waals surface area contributed by atoms with Crippen molar-refractivity contribution >= 4 is 29.1 Å². The Morgan fingerprint density at radius 3 is 2.03 bits per heavy atom. The Hall–Kier alpha value is -4.53. The largest absolute Gasteiger partial charge is 0.439 e. The maximum atomic E-state index is 12.3. The lowest BCUT2D eigenvalue weighted by atomic mass is 9.89. The van der Waals surface area contributed by atoms with Crippen molar-refractivity contribution in [3.05, 3.63) is 94.5 Å². The molecule has 4 rings (SSSR count). The first-order valence-corrected chi connectivity index (χ1v) is 9.30. The number of nitrogens with one attached hydrogen (secondary N) is 1. The molecule has 1 heterocycles. The van der Waals surface area contributed by atoms with Crippen molar-refractivity contribution in [1.82, 2.24) is 5.43 Å². The minimum absolute atomic E-state index is 0.0642. The monoisotopic (exact) mass is 416 g/mol. The Labute approximate surface area is 177 Å². The molecule has 2 amide bonds. The second-order valence-electron chi connectivity index (χ2n) is 7.04. The fourth-order valence-corrected chi connectivity index (χ4v) is 3.39. The van der Waals surface area contributed by atoms with E-state index in [-0.39, 0.29) is 17.0 Å². The van der Waals surface area contributed by atoms with Gasteiger partial charge < -0.3 is 27.7 Å². The Balaban J connectivity index is 1.88. The van der Waals surface area contributed by atoms with Gasteiger partial charge in [0.15, 0.2) is 0 Å². The number of anilines is 2. The fraction of sp³-hybridized carbons (Fsp3) is 0.0455. The van der Waals surface area contributed by atoms with E-state index in [1.165, 1.54) is 12.1 Å². The molecule has 0 radical (unpaired) electrons. The van der Waals surface area contributed by atoms with Gasteiger partial charge in [-0.1, -0.05) is 18.2 Å². The van der Waals surface area contributed by atoms with Gasteiger partial charge in [0.05, 0.1) is 0 Å². The van der Waals surface area contributed by atoms with Gasteiger partial charge in [-0.05, 0) is 48.5 Å². The highest BCUT2D eigenvalue weighted by Gasteiger charge is 2.44. The number of hydrazone groups is 1. The summed E-state index contributed by atoms with van der Waals surface area (Å²) in [6.07, 6.45) is 0. The van der Waals surface area contributed by atoms with Crippen LogP contribution in [0.2, 0.25) is 0 Å². The number of amides is 2. The van der Waals surface area contributed by atoms with Crippen LogP contribution in [0.1, 0.15) is 37.4 Å². The van der Waals surface area contributed by atoms with E-state index in [4.69, 9.17) is 27.7 Å². The summed E-state index contributed by atoms with van der Waals surface area (Å²) < 4.78 is 6.31. The van der Waals surface area contributed by atoms with Gasteiger partial charge in [0.1, 0.15) is 0 Å². The summed E-state index contributed by atoms with van der Waals surface area (Å²) in [6, 6.07) is 18.3. The summed E-state index contributed by atoms with van der Waals surface area (Å²) >= 11 is 0. The van der Waals surface area contributed by atoms with Crippen LogP contribution in [0.5, 0.6) is 0 Å². The van der Waals surface area contributed by atoms with Gasteiger partial charge in [-0.2, -0.15) is 0 Å². The van der Waals surface area contributed by atoms with E-state index in [1.807, 2.05) is 0 Å². The van der Waals surface area contributed by atoms with Crippen LogP contribution in [-0.4, -0.2) is 17.7 Å². The molecule has 3 aromatic rings. The Kier molecular flexibility index (Phi) is 4.70. The highest BCUT2D eigenvalue weighted by molar-refractivity contribution is 6.00. The number of hydrogen-bond acceptors (Lipinski definition) is 7. The molecule has 0 spiro atoms. The van der Waals surface area contributed by atoms with Crippen molar-refractivity contribution < 1.29 is 14.3 Å². The molecule has 156 valence electrons. The molecule has 9 heteroatoms. The molecule has 31 heavy (non-hydrogen) atoms. The van der Waals surface area contributed by atoms with Gasteiger partial charge >= 0.3 is 0 Å². The average molecular weight is 416 g/mol. The Morgan fingerprint density at radius 1 is 0.839 bits per heavy atom. The van der Waals surface area contributed by atoms with Crippen LogP contribution in [0.3, 0.4) is 0 Å². The molecule has 3 aromatic carbocycles. The molecule has 1 atom stereocenters. The van der Waals surface area contributed by atoms with Crippen LogP contribution in [0.25, 0.3) is 0 Å². The first-order valence-electron chi connectivity index (χ1n) is 9.30. The third kappa shape index (κ3) is 3.48. The number of carbonyl (C=O) groups is 2. The highest BCUT2D eigenvalue weighted by atomic mass is 16.5. The first-order chi connectivity index (χ1) is 14.8. The van der Waals surface area contributed by atoms with Crippen molar-refractivity contribution in [1.29, 1.82) is 0 Å². The molecule has 1 aliphatic heterocycles. The first kappa shape index (κ1) is 19.8. The molecule has 1 aliphatic rings. The van der Waals surface area contributed by atoms with E-state index < -0.39 is 17.5 Å². The molecular formula is C22H20N6O3. The molecular weight excluding hydrogens is 396 g/mol. The Morgan fingerprint density at radius 2 is 1.45 bits per heavy atom. The zero-order valence-electron chi connectivity index (χ0n) is 16.3. The lowest BCUT2D eigenvalue weighted by molar-refractivity contribution is 0.0860. The number of hydrogen-bond donors (Lipinski definition) is 5. The number of nitrogens with two attached hydrogens (primary N) is 4. The lowest BCUT2D eigenvalue weighted by Gasteiger charge is -2.31. The summed E-state index contributed by atoms with van der Waals surface area (Å²) in [5, 5.41) is 4.35. The van der Waals surface area contributed by atoms with Gasteiger partial charge in [0, 0.05) is 39.2 Å². The van der Waals surface area contributed by atoms with Crippen LogP contribution in [0, 0.1) is 0 Å². The molecule has 0 bridgehead atoms. The van der Waals surface area contributed by atoms with Crippen molar-refractivity contribution in [2.24, 2.45) is 16.6 Å². The van der Waals surface area contributed by atoms with Gasteiger partial charge in [-0.15, -0.1) is 5.10 Å². The minimum atomic E-state index is -1.40. The van der Waals surface area contributed by atoms with Crippen molar-refractivity contribution in [3.8, 4) is 0 Å². The zero-order chi connectivity index (χ0) is 22.2. The molecule has 1 unspecified atom stereocenters. The number of primary amides is 2. The summed E-state index contributed by atoms with van der Waals surface area (Å²) in [5.74, 6) is -1.15. The summed E-state index contributed by atoms with van der Waals surface area (Å²) in [6.45, 7) is 0. The van der Waals surface area contributed by atoms with E-state index in [0.29, 0.717) is 28.1 Å². The highest BCUT2D eigenvalue weighted by Crippen LogP contribution is 2.38. The van der Waals surface area contributed by atoms with Crippen LogP contribution in [-0.2, 0) is 10.5 Å². The molecule has 9 nitrogen and oxygen atoms in total. The summed E-state index contributed by atoms with van der Waals surface area (Å²) in [5.41, 5.74) is 27.2. The van der Waals surface area contributed by atoms with Crippen molar-refractivity contribution in [2.75, 3.05) is 11.5 Å². The molecule has 0 saturated heterocycles. The molecule has 9 N–H and O–H groups in total. The minimum Gasteiger partial charge on any atom is -0.439 e. The van der Waals surface area contributed by atoms with Gasteiger partial charge in [0.2, 0.25) is 17.7 Å². The molecule has 0 saturated carbocycles. The maximum absolute atomic E-state index is 12.3. The predicted octanol–water partition coefficient (Wildman–Crippen LogP) is 1.23. The SMILES string of the molecule is NC(=O)c1ccc(C2(c3ccc(N)cc3)NN=C(c3ccc(N)cc3)O2)c(C(N)=O)c1. The van der Waals surface area contributed by atoms with Crippen LogP contribution < -0.4 is 28.4 Å². The quantitative estimate of drug-likeness (QED) is 0.391. The topological polar surface area (TPSA) is 172 Å². The standard InChI is InChI=1S/C22H20N6O3/c23-15-6-1-12(2-7-15)21-27-28-22(31-21,14-4-8-16(24)9-5-14)18-10-3-13(19(25)29)11-17(18)20(26)30/h1-11,28H,23-24H2,(H2,25,29)(H2,26,30). The number of nitrogen functional groups attached to an aromatic ring is 2. The average Bonchev–Trinajstić information content (AvgIpc) is 3.20. The Bertz CT molecular complexity index is 1200. The molecule has 0 aromatic heterocycles. The van der Waals surface area contributed by atoms with Crippen molar-refractivity contribution in [3.63, 3.8) is 0 Å². The number of carbonyl (C=O) groups excluding carboxylic acids is 2. The van der Waals surface area contributed by atoms with E-state index in [1.54, 1.807) is 54.6 Å². The third-order valence-electron chi connectivity index (χ3n) is 4.99. The van der Waals surface area contributed by atoms with Gasteiger partial charge in [0.25, 0.3) is 5.72 Å². The second-order valence-corrected chi connectivity index (χ2v) is 7.04. The fourth-order valence-electron chi connectivity index (χ4n) is 3.39. The van der Waals surface area contributed by atoms with E-state index in [9.17, 15) is 9.59 Å². The number of nitrogens with zero attached hydrogens (tertiary/aromatic N) is 1. The van der Waals surface area contributed by atoms with Crippen LogP contribution >= 0.6 is 0 Å². The van der Waals surface area contributed by atoms with E-state index >= 15 is 0 Å². The summed E-state index contributed by atoms with van der Waals surface area (Å²) in [4.78, 5) is 23.9. The maximum Gasteiger partial charge on any atom is 0.250 e. The van der Waals surface area contributed by atoms with Crippen LogP contribution in [0.15, 0.2) is 71.8 Å². The normalized spacial score (nSPS) is 17.4.